The Morgan fingerprint density at radius 3 is 2.70 bits per heavy atom. The topological polar surface area (TPSA) is 77.9 Å². The van der Waals surface area contributed by atoms with E-state index in [0.717, 1.165) is 5.56 Å². The highest BCUT2D eigenvalue weighted by molar-refractivity contribution is 6.01. The molecule has 0 bridgehead atoms. The number of hydrogen-bond acceptors (Lipinski definition) is 3. The van der Waals surface area contributed by atoms with E-state index in [4.69, 9.17) is 5.11 Å². The number of carbonyl (C=O) groups is 3. The number of carboxylic acids is 1. The fourth-order valence-electron chi connectivity index (χ4n) is 3.07. The van der Waals surface area contributed by atoms with Crippen LogP contribution in [0.2, 0.25) is 0 Å². The van der Waals surface area contributed by atoms with Crippen LogP contribution in [0, 0.1) is 0 Å². The number of fused-ring (bicyclic) bond motifs is 1. The Bertz CT molecular complexity index is 678. The Balaban J connectivity index is 1.74. The van der Waals surface area contributed by atoms with Crippen molar-refractivity contribution < 1.29 is 23.9 Å². The third-order valence-electron chi connectivity index (χ3n) is 4.44. The first kappa shape index (κ1) is 15.5. The Labute approximate surface area is 132 Å². The summed E-state index contributed by atoms with van der Waals surface area (Å²) < 4.78 is 14.1. The molecule has 1 fully saturated rings. The Kier molecular flexibility index (Phi) is 3.79. The normalized spacial score (nSPS) is 23.8. The zero-order chi connectivity index (χ0) is 16.6. The fourth-order valence-corrected chi connectivity index (χ4v) is 3.07. The molecule has 0 aromatic heterocycles. The minimum atomic E-state index is -2.39. The SMILES string of the molecule is O=C(CN1C(=O)CCc2ccccc21)N1CCC(F)(C(=O)O)C1. The van der Waals surface area contributed by atoms with Gasteiger partial charge in [-0.25, -0.2) is 9.18 Å². The molecule has 1 aromatic carbocycles. The van der Waals surface area contributed by atoms with Gasteiger partial charge in [-0.3, -0.25) is 9.59 Å². The molecule has 0 aliphatic carbocycles. The zero-order valence-electron chi connectivity index (χ0n) is 12.5. The number of rotatable bonds is 3. The van der Waals surface area contributed by atoms with Gasteiger partial charge in [-0.2, -0.15) is 0 Å². The van der Waals surface area contributed by atoms with Crippen LogP contribution in [0.1, 0.15) is 18.4 Å². The van der Waals surface area contributed by atoms with Crippen LogP contribution < -0.4 is 4.90 Å². The second-order valence-electron chi connectivity index (χ2n) is 5.94. The van der Waals surface area contributed by atoms with Crippen molar-refractivity contribution in [3.8, 4) is 0 Å². The predicted molar refractivity (Wildman–Crippen MR) is 79.8 cm³/mol. The largest absolute Gasteiger partial charge is 0.479 e. The maximum atomic E-state index is 14.1. The highest BCUT2D eigenvalue weighted by Crippen LogP contribution is 2.29. The molecule has 122 valence electrons. The van der Waals surface area contributed by atoms with Crippen LogP contribution in [-0.4, -0.2) is 53.1 Å². The third-order valence-corrected chi connectivity index (χ3v) is 4.44. The van der Waals surface area contributed by atoms with E-state index in [0.29, 0.717) is 18.5 Å². The lowest BCUT2D eigenvalue weighted by Gasteiger charge is -2.30. The second kappa shape index (κ2) is 5.64. The van der Waals surface area contributed by atoms with Crippen molar-refractivity contribution in [1.29, 1.82) is 0 Å². The van der Waals surface area contributed by atoms with Gasteiger partial charge in [0.2, 0.25) is 17.5 Å². The summed E-state index contributed by atoms with van der Waals surface area (Å²) in [6.07, 6.45) is 0.737. The summed E-state index contributed by atoms with van der Waals surface area (Å²) in [4.78, 5) is 38.0. The molecule has 3 rings (SSSR count). The smallest absolute Gasteiger partial charge is 0.343 e. The molecule has 1 aromatic rings. The first-order chi connectivity index (χ1) is 10.9. The van der Waals surface area contributed by atoms with Gasteiger partial charge in [-0.05, 0) is 18.1 Å². The first-order valence-electron chi connectivity index (χ1n) is 7.49. The van der Waals surface area contributed by atoms with Crippen LogP contribution >= 0.6 is 0 Å². The molecule has 1 unspecified atom stereocenters. The molecule has 0 saturated carbocycles. The summed E-state index contributed by atoms with van der Waals surface area (Å²) in [5, 5.41) is 8.89. The van der Waals surface area contributed by atoms with E-state index in [1.807, 2.05) is 12.1 Å². The third kappa shape index (κ3) is 2.78. The lowest BCUT2D eigenvalue weighted by atomic mass is 10.0. The number of nitrogens with zero attached hydrogens (tertiary/aromatic N) is 2. The van der Waals surface area contributed by atoms with Crippen molar-refractivity contribution in [3.63, 3.8) is 0 Å². The van der Waals surface area contributed by atoms with Gasteiger partial charge in [-0.15, -0.1) is 0 Å². The van der Waals surface area contributed by atoms with Crippen molar-refractivity contribution in [1.82, 2.24) is 4.90 Å². The van der Waals surface area contributed by atoms with E-state index in [9.17, 15) is 18.8 Å². The standard InChI is InChI=1S/C16H17FN2O4/c17-16(15(22)23)7-8-18(10-16)14(21)9-19-12-4-2-1-3-11(12)5-6-13(19)20/h1-4H,5-10H2,(H,22,23). The maximum absolute atomic E-state index is 14.1. The number of likely N-dealkylation sites (tertiary alicyclic amines) is 1. The summed E-state index contributed by atoms with van der Waals surface area (Å²) in [6, 6.07) is 7.35. The average Bonchev–Trinajstić information content (AvgIpc) is 2.94. The van der Waals surface area contributed by atoms with Crippen molar-refractivity contribution >= 4 is 23.5 Å². The van der Waals surface area contributed by atoms with Crippen LogP contribution in [0.15, 0.2) is 24.3 Å². The molecular formula is C16H17FN2O4. The number of benzene rings is 1. The number of anilines is 1. The average molecular weight is 320 g/mol. The van der Waals surface area contributed by atoms with E-state index in [1.165, 1.54) is 9.80 Å². The van der Waals surface area contributed by atoms with Crippen LogP contribution in [0.3, 0.4) is 0 Å². The van der Waals surface area contributed by atoms with Crippen LogP contribution in [-0.2, 0) is 20.8 Å². The molecule has 23 heavy (non-hydrogen) atoms. The maximum Gasteiger partial charge on any atom is 0.343 e. The number of alkyl halides is 1. The molecule has 6 nitrogen and oxygen atoms in total. The van der Waals surface area contributed by atoms with E-state index in [-0.39, 0.29) is 25.4 Å². The number of carboxylic acid groups (broad SMARTS) is 1. The van der Waals surface area contributed by atoms with Crippen LogP contribution in [0.5, 0.6) is 0 Å². The summed E-state index contributed by atoms with van der Waals surface area (Å²) >= 11 is 0. The zero-order valence-corrected chi connectivity index (χ0v) is 12.5. The van der Waals surface area contributed by atoms with Gasteiger partial charge in [0.25, 0.3) is 0 Å². The van der Waals surface area contributed by atoms with Crippen LogP contribution in [0.4, 0.5) is 10.1 Å². The first-order valence-corrected chi connectivity index (χ1v) is 7.49. The lowest BCUT2D eigenvalue weighted by molar-refractivity contribution is -0.150. The van der Waals surface area contributed by atoms with Gasteiger partial charge >= 0.3 is 5.97 Å². The van der Waals surface area contributed by atoms with Gasteiger partial charge in [0.1, 0.15) is 6.54 Å². The van der Waals surface area contributed by atoms with Crippen molar-refractivity contribution in [2.24, 2.45) is 0 Å². The Morgan fingerprint density at radius 2 is 2.00 bits per heavy atom. The van der Waals surface area contributed by atoms with Gasteiger partial charge in [-0.1, -0.05) is 18.2 Å². The van der Waals surface area contributed by atoms with E-state index < -0.39 is 24.1 Å². The Hall–Kier alpha value is -2.44. The minimum absolute atomic E-state index is 0.0469. The number of hydrogen-bond donors (Lipinski definition) is 1. The highest BCUT2D eigenvalue weighted by Gasteiger charge is 2.47. The van der Waals surface area contributed by atoms with E-state index in [1.54, 1.807) is 12.1 Å². The molecule has 1 N–H and O–H groups in total. The predicted octanol–water partition coefficient (Wildman–Crippen LogP) is 0.991. The summed E-state index contributed by atoms with van der Waals surface area (Å²) in [6.45, 7) is -0.609. The van der Waals surface area contributed by atoms with Crippen LogP contribution in [0.25, 0.3) is 0 Å². The number of carbonyl (C=O) groups excluding carboxylic acids is 2. The van der Waals surface area contributed by atoms with Gasteiger partial charge in [0.15, 0.2) is 0 Å². The van der Waals surface area contributed by atoms with E-state index in [2.05, 4.69) is 0 Å². The molecule has 7 heteroatoms. The molecule has 2 amide bonds. The monoisotopic (exact) mass is 320 g/mol. The van der Waals surface area contributed by atoms with Crippen molar-refractivity contribution in [2.75, 3.05) is 24.5 Å². The Morgan fingerprint density at radius 1 is 1.26 bits per heavy atom. The molecule has 2 aliphatic rings. The van der Waals surface area contributed by atoms with Crippen molar-refractivity contribution in [3.05, 3.63) is 29.8 Å². The van der Waals surface area contributed by atoms with Crippen molar-refractivity contribution in [2.45, 2.75) is 24.9 Å². The van der Waals surface area contributed by atoms with Gasteiger partial charge in [0, 0.05) is 25.1 Å². The molecule has 1 saturated heterocycles. The molecule has 0 spiro atoms. The summed E-state index contributed by atoms with van der Waals surface area (Å²) in [5.41, 5.74) is -0.702. The molecule has 2 heterocycles. The van der Waals surface area contributed by atoms with E-state index >= 15 is 0 Å². The fraction of sp³-hybridized carbons (Fsp3) is 0.438. The molecular weight excluding hydrogens is 303 g/mol. The molecule has 1 atom stereocenters. The second-order valence-corrected chi connectivity index (χ2v) is 5.94. The van der Waals surface area contributed by atoms with Gasteiger partial charge < -0.3 is 14.9 Å². The number of aliphatic carboxylic acids is 1. The number of amides is 2. The summed E-state index contributed by atoms with van der Waals surface area (Å²) in [7, 11) is 0. The molecule has 2 aliphatic heterocycles. The number of para-hydroxylation sites is 1. The highest BCUT2D eigenvalue weighted by atomic mass is 19.1. The minimum Gasteiger partial charge on any atom is -0.479 e. The lowest BCUT2D eigenvalue weighted by Crippen LogP contribution is -2.45. The quantitative estimate of drug-likeness (QED) is 0.901. The summed E-state index contributed by atoms with van der Waals surface area (Å²) in [5.74, 6) is -2.14. The molecule has 0 radical (unpaired) electrons. The number of halogens is 1. The van der Waals surface area contributed by atoms with Gasteiger partial charge in [0.05, 0.1) is 6.54 Å². The number of aryl methyl sites for hydroxylation is 1.